The second-order valence-electron chi connectivity index (χ2n) is 4.45. The predicted molar refractivity (Wildman–Crippen MR) is 83.6 cm³/mol. The summed E-state index contributed by atoms with van der Waals surface area (Å²) in [5, 5.41) is 12.9. The molecule has 2 rings (SSSR count). The van der Waals surface area contributed by atoms with Gasteiger partial charge in [-0.05, 0) is 24.1 Å². The van der Waals surface area contributed by atoms with Gasteiger partial charge in [0.2, 0.25) is 5.91 Å². The van der Waals surface area contributed by atoms with E-state index in [4.69, 9.17) is 23.2 Å². The zero-order chi connectivity index (χ0) is 15.2. The number of amides is 1. The van der Waals surface area contributed by atoms with Crippen LogP contribution in [0.3, 0.4) is 0 Å². The fraction of sp³-hybridized carbons (Fsp3) is 0.200. The number of halogens is 2. The zero-order valence-corrected chi connectivity index (χ0v) is 12.7. The quantitative estimate of drug-likeness (QED) is 0.885. The second-order valence-corrected chi connectivity index (χ2v) is 5.24. The van der Waals surface area contributed by atoms with Gasteiger partial charge >= 0.3 is 0 Å². The fourth-order valence-electron chi connectivity index (χ4n) is 1.88. The molecule has 1 aromatic carbocycles. The average molecular weight is 325 g/mol. The van der Waals surface area contributed by atoms with Crippen molar-refractivity contribution in [1.29, 1.82) is 0 Å². The molecule has 0 unspecified atom stereocenters. The lowest BCUT2D eigenvalue weighted by atomic mass is 10.1. The van der Waals surface area contributed by atoms with E-state index in [0.29, 0.717) is 27.7 Å². The maximum Gasteiger partial charge on any atom is 0.224 e. The van der Waals surface area contributed by atoms with E-state index in [9.17, 15) is 9.90 Å². The van der Waals surface area contributed by atoms with Crippen LogP contribution < -0.4 is 5.32 Å². The third kappa shape index (κ3) is 4.17. The number of nitrogens with one attached hydrogen (secondary N) is 1. The van der Waals surface area contributed by atoms with Gasteiger partial charge in [-0.15, -0.1) is 0 Å². The third-order valence-corrected chi connectivity index (χ3v) is 3.87. The molecule has 0 fully saturated rings. The third-order valence-electron chi connectivity index (χ3n) is 3.01. The van der Waals surface area contributed by atoms with E-state index in [0.717, 1.165) is 5.56 Å². The number of aliphatic hydroxyl groups is 1. The average Bonchev–Trinajstić information content (AvgIpc) is 2.49. The number of benzene rings is 1. The number of pyridine rings is 1. The van der Waals surface area contributed by atoms with Crippen molar-refractivity contribution < 1.29 is 9.90 Å². The molecule has 0 aliphatic heterocycles. The number of aryl methyl sites for hydroxylation is 1. The fourth-order valence-corrected chi connectivity index (χ4v) is 2.29. The summed E-state index contributed by atoms with van der Waals surface area (Å²) in [7, 11) is 0. The van der Waals surface area contributed by atoms with Crippen LogP contribution in [-0.4, -0.2) is 16.0 Å². The Bertz CT molecular complexity index is 647. The largest absolute Gasteiger partial charge is 0.392 e. The molecule has 1 aromatic heterocycles. The highest BCUT2D eigenvalue weighted by Gasteiger charge is 2.09. The number of aromatic nitrogens is 1. The molecule has 0 radical (unpaired) electrons. The van der Waals surface area contributed by atoms with E-state index >= 15 is 0 Å². The molecule has 0 saturated carbocycles. The molecule has 0 atom stereocenters. The van der Waals surface area contributed by atoms with Crippen molar-refractivity contribution in [3.05, 3.63) is 57.8 Å². The number of rotatable bonds is 5. The number of aliphatic hydroxyl groups excluding tert-OH is 1. The Hall–Kier alpha value is -1.62. The van der Waals surface area contributed by atoms with Crippen LogP contribution in [0.4, 0.5) is 5.69 Å². The maximum atomic E-state index is 12.0. The van der Waals surface area contributed by atoms with Gasteiger partial charge in [0, 0.05) is 18.2 Å². The number of hydrogen-bond acceptors (Lipinski definition) is 3. The molecule has 110 valence electrons. The van der Waals surface area contributed by atoms with E-state index < -0.39 is 0 Å². The minimum Gasteiger partial charge on any atom is -0.392 e. The molecule has 0 aliphatic carbocycles. The van der Waals surface area contributed by atoms with Crippen molar-refractivity contribution in [2.75, 3.05) is 5.32 Å². The summed E-state index contributed by atoms with van der Waals surface area (Å²) in [6.07, 6.45) is 3.82. The lowest BCUT2D eigenvalue weighted by Crippen LogP contribution is -2.14. The van der Waals surface area contributed by atoms with Crippen LogP contribution in [0.1, 0.15) is 17.5 Å². The van der Waals surface area contributed by atoms with Gasteiger partial charge in [0.1, 0.15) is 0 Å². The Morgan fingerprint density at radius 2 is 2.05 bits per heavy atom. The highest BCUT2D eigenvalue weighted by atomic mass is 35.5. The van der Waals surface area contributed by atoms with Crippen LogP contribution in [-0.2, 0) is 17.8 Å². The molecule has 2 aromatic rings. The van der Waals surface area contributed by atoms with Crippen molar-refractivity contribution >= 4 is 34.8 Å². The Kier molecular flexibility index (Phi) is 5.56. The molecule has 2 N–H and O–H groups in total. The van der Waals surface area contributed by atoms with Crippen LogP contribution in [0, 0.1) is 0 Å². The lowest BCUT2D eigenvalue weighted by Gasteiger charge is -2.09. The molecule has 0 aliphatic rings. The van der Waals surface area contributed by atoms with E-state index in [2.05, 4.69) is 10.3 Å². The van der Waals surface area contributed by atoms with Crippen LogP contribution in [0.15, 0.2) is 36.7 Å². The summed E-state index contributed by atoms with van der Waals surface area (Å²) in [5.74, 6) is -0.172. The van der Waals surface area contributed by atoms with E-state index in [1.165, 1.54) is 6.20 Å². The molecule has 0 saturated heterocycles. The number of carbonyl (C=O) groups excluding carboxylic acids is 1. The molecule has 4 nitrogen and oxygen atoms in total. The molecule has 0 spiro atoms. The standard InChI is InChI=1S/C15H14Cl2N2O2/c16-12-3-1-2-10(15(12)17)4-5-14(21)19-13-8-18-7-6-11(13)9-20/h1-3,6-8,20H,4-5,9H2,(H,19,21). The van der Waals surface area contributed by atoms with E-state index in [1.54, 1.807) is 24.4 Å². The van der Waals surface area contributed by atoms with E-state index in [1.807, 2.05) is 6.07 Å². The minimum atomic E-state index is -0.172. The molecule has 1 heterocycles. The Balaban J connectivity index is 1.98. The van der Waals surface area contributed by atoms with E-state index in [-0.39, 0.29) is 18.9 Å². The Morgan fingerprint density at radius 3 is 2.81 bits per heavy atom. The van der Waals surface area contributed by atoms with Gasteiger partial charge < -0.3 is 10.4 Å². The highest BCUT2D eigenvalue weighted by molar-refractivity contribution is 6.42. The SMILES string of the molecule is O=C(CCc1cccc(Cl)c1Cl)Nc1cnccc1CO. The minimum absolute atomic E-state index is 0.155. The Labute approximate surface area is 132 Å². The van der Waals surface area contributed by atoms with Crippen LogP contribution >= 0.6 is 23.2 Å². The van der Waals surface area contributed by atoms with Gasteiger partial charge in [-0.3, -0.25) is 9.78 Å². The van der Waals surface area contributed by atoms with Gasteiger partial charge in [-0.2, -0.15) is 0 Å². The summed E-state index contributed by atoms with van der Waals surface area (Å²) in [6, 6.07) is 7.00. The predicted octanol–water partition coefficient (Wildman–Crippen LogP) is 3.45. The number of carbonyl (C=O) groups is 1. The zero-order valence-electron chi connectivity index (χ0n) is 11.1. The summed E-state index contributed by atoms with van der Waals surface area (Å²) in [4.78, 5) is 15.9. The first-order chi connectivity index (χ1) is 10.1. The number of anilines is 1. The normalized spacial score (nSPS) is 10.4. The smallest absolute Gasteiger partial charge is 0.224 e. The van der Waals surface area contributed by atoms with Crippen molar-refractivity contribution in [3.63, 3.8) is 0 Å². The lowest BCUT2D eigenvalue weighted by molar-refractivity contribution is -0.116. The van der Waals surface area contributed by atoms with Crippen LogP contribution in [0.2, 0.25) is 10.0 Å². The first-order valence-corrected chi connectivity index (χ1v) is 7.14. The summed E-state index contributed by atoms with van der Waals surface area (Å²) in [5.41, 5.74) is 1.97. The number of hydrogen-bond donors (Lipinski definition) is 2. The van der Waals surface area contributed by atoms with Crippen molar-refractivity contribution in [2.24, 2.45) is 0 Å². The molecular weight excluding hydrogens is 311 g/mol. The number of nitrogens with zero attached hydrogens (tertiary/aromatic N) is 1. The molecule has 0 bridgehead atoms. The molecule has 6 heteroatoms. The topological polar surface area (TPSA) is 62.2 Å². The van der Waals surface area contributed by atoms with Crippen molar-refractivity contribution in [2.45, 2.75) is 19.4 Å². The van der Waals surface area contributed by atoms with Gasteiger partial charge in [0.25, 0.3) is 0 Å². The van der Waals surface area contributed by atoms with Gasteiger partial charge in [0.15, 0.2) is 0 Å². The monoisotopic (exact) mass is 324 g/mol. The molecule has 1 amide bonds. The first-order valence-electron chi connectivity index (χ1n) is 6.38. The van der Waals surface area contributed by atoms with Gasteiger partial charge in [-0.1, -0.05) is 35.3 Å². The summed E-state index contributed by atoms with van der Waals surface area (Å²) in [6.45, 7) is -0.155. The maximum absolute atomic E-state index is 12.0. The molecular formula is C15H14Cl2N2O2. The first kappa shape index (κ1) is 15.8. The van der Waals surface area contributed by atoms with Gasteiger partial charge in [-0.25, -0.2) is 0 Å². The summed E-state index contributed by atoms with van der Waals surface area (Å²) >= 11 is 12.0. The van der Waals surface area contributed by atoms with Crippen LogP contribution in [0.5, 0.6) is 0 Å². The van der Waals surface area contributed by atoms with Gasteiger partial charge in [0.05, 0.1) is 28.5 Å². The van der Waals surface area contributed by atoms with Crippen molar-refractivity contribution in [3.8, 4) is 0 Å². The van der Waals surface area contributed by atoms with Crippen molar-refractivity contribution in [1.82, 2.24) is 4.98 Å². The van der Waals surface area contributed by atoms with Crippen LogP contribution in [0.25, 0.3) is 0 Å². The molecule has 21 heavy (non-hydrogen) atoms. The summed E-state index contributed by atoms with van der Waals surface area (Å²) < 4.78 is 0. The Morgan fingerprint density at radius 1 is 1.24 bits per heavy atom. The second kappa shape index (κ2) is 7.41. The highest BCUT2D eigenvalue weighted by Crippen LogP contribution is 2.26.